The number of hydrogen-bond acceptors (Lipinski definition) is 5. The third kappa shape index (κ3) is 4.52. The predicted octanol–water partition coefficient (Wildman–Crippen LogP) is 0.762. The largest absolute Gasteiger partial charge is 0.481 e. The normalized spacial score (nSPS) is 31.0. The third-order valence-electron chi connectivity index (χ3n) is 3.51. The van der Waals surface area contributed by atoms with Gasteiger partial charge >= 0.3 is 5.97 Å². The number of halogens is 1. The minimum atomic E-state index is -1.96. The molecule has 1 saturated carbocycles. The van der Waals surface area contributed by atoms with Crippen LogP contribution in [0.2, 0.25) is 0 Å². The highest BCUT2D eigenvalue weighted by molar-refractivity contribution is 7.77. The molecule has 1 heterocycles. The zero-order valence-electron chi connectivity index (χ0n) is 11.1. The summed E-state index contributed by atoms with van der Waals surface area (Å²) >= 11 is 4.22. The van der Waals surface area contributed by atoms with E-state index >= 15 is 0 Å². The van der Waals surface area contributed by atoms with Gasteiger partial charge in [-0.15, -0.1) is 11.6 Å². The van der Waals surface area contributed by atoms with Crippen LogP contribution in [0.1, 0.15) is 18.6 Å². The second-order valence-corrected chi connectivity index (χ2v) is 6.17. The molecule has 2 rings (SSSR count). The Labute approximate surface area is 129 Å². The number of carboxylic acid groups (broad SMARTS) is 1. The Morgan fingerprint density at radius 2 is 2.38 bits per heavy atom. The van der Waals surface area contributed by atoms with Crippen LogP contribution < -0.4 is 10.5 Å². The monoisotopic (exact) mass is 336 g/mol. The van der Waals surface area contributed by atoms with Crippen molar-refractivity contribution in [1.82, 2.24) is 5.32 Å². The van der Waals surface area contributed by atoms with Crippen molar-refractivity contribution < 1.29 is 22.7 Å². The van der Waals surface area contributed by atoms with Crippen LogP contribution in [0.15, 0.2) is 22.8 Å². The van der Waals surface area contributed by atoms with Crippen molar-refractivity contribution in [3.05, 3.63) is 24.2 Å². The summed E-state index contributed by atoms with van der Waals surface area (Å²) in [5, 5.41) is 17.1. The van der Waals surface area contributed by atoms with Crippen molar-refractivity contribution in [3.63, 3.8) is 0 Å². The quantitative estimate of drug-likeness (QED) is 0.661. The van der Waals surface area contributed by atoms with Gasteiger partial charge in [0.15, 0.2) is 0 Å². The van der Waals surface area contributed by atoms with Gasteiger partial charge in [0, 0.05) is 6.04 Å². The molecule has 5 unspecified atom stereocenters. The summed E-state index contributed by atoms with van der Waals surface area (Å²) in [5.41, 5.74) is 0. The Hall–Kier alpha value is -0.930. The fraction of sp³-hybridized carbons (Fsp3) is 0.583. The Morgan fingerprint density at radius 3 is 2.95 bits per heavy atom. The Bertz CT molecular complexity index is 498. The summed E-state index contributed by atoms with van der Waals surface area (Å²) < 4.78 is 21.1. The number of nitrogens with two attached hydrogens (primary N) is 1. The molecule has 0 spiro atoms. The van der Waals surface area contributed by atoms with E-state index in [0.717, 1.165) is 0 Å². The van der Waals surface area contributed by atoms with E-state index < -0.39 is 34.6 Å². The van der Waals surface area contributed by atoms with Crippen LogP contribution in [0, 0.1) is 5.92 Å². The summed E-state index contributed by atoms with van der Waals surface area (Å²) in [7, 11) is 0. The van der Waals surface area contributed by atoms with Crippen molar-refractivity contribution >= 4 is 28.8 Å². The molecule has 0 bridgehead atoms. The molecule has 7 nitrogen and oxygen atoms in total. The van der Waals surface area contributed by atoms with Gasteiger partial charge in [0.25, 0.3) is 0 Å². The second-order valence-electron chi connectivity index (χ2n) is 4.89. The van der Waals surface area contributed by atoms with Gasteiger partial charge < -0.3 is 14.8 Å². The summed E-state index contributed by atoms with van der Waals surface area (Å²) in [5.74, 6) is -0.929. The molecule has 0 aromatic carbocycles. The topological polar surface area (TPSA) is 115 Å². The van der Waals surface area contributed by atoms with Crippen LogP contribution in [0.4, 0.5) is 0 Å². The molecule has 1 fully saturated rings. The van der Waals surface area contributed by atoms with Gasteiger partial charge in [-0.3, -0.25) is 8.98 Å². The Balaban J connectivity index is 1.99. The molecular weight excluding hydrogens is 320 g/mol. The average molecular weight is 337 g/mol. The van der Waals surface area contributed by atoms with Crippen molar-refractivity contribution in [1.29, 1.82) is 0 Å². The number of carbonyl (C=O) groups is 1. The lowest BCUT2D eigenvalue weighted by Crippen LogP contribution is -2.50. The van der Waals surface area contributed by atoms with Crippen LogP contribution >= 0.6 is 11.6 Å². The maximum absolute atomic E-state index is 11.4. The number of aliphatic carboxylic acids is 1. The standard InChI is InChI=1S/C12H17ClN2O5S/c13-9-5-10(15-6-7-2-1-3-19-7)8(12(16)17)4-11(9)20-21(14)18/h1-3,8-11,15H,4-6,14H2,(H,16,17). The second kappa shape index (κ2) is 7.37. The highest BCUT2D eigenvalue weighted by Gasteiger charge is 2.41. The minimum Gasteiger partial charge on any atom is -0.481 e. The maximum Gasteiger partial charge on any atom is 0.308 e. The van der Waals surface area contributed by atoms with E-state index in [1.807, 2.05) is 0 Å². The van der Waals surface area contributed by atoms with Gasteiger partial charge in [0.2, 0.25) is 11.3 Å². The minimum absolute atomic E-state index is 0.155. The first kappa shape index (κ1) is 16.4. The maximum atomic E-state index is 11.4. The number of furan rings is 1. The van der Waals surface area contributed by atoms with Crippen LogP contribution in [0.5, 0.6) is 0 Å². The highest BCUT2D eigenvalue weighted by Crippen LogP contribution is 2.31. The van der Waals surface area contributed by atoms with Crippen molar-refractivity contribution in [3.8, 4) is 0 Å². The Kier molecular flexibility index (Phi) is 5.77. The molecule has 0 radical (unpaired) electrons. The van der Waals surface area contributed by atoms with Gasteiger partial charge in [-0.1, -0.05) is 0 Å². The van der Waals surface area contributed by atoms with E-state index in [-0.39, 0.29) is 12.5 Å². The first-order valence-corrected chi connectivity index (χ1v) is 8.00. The summed E-state index contributed by atoms with van der Waals surface area (Å²) in [6.45, 7) is 0.416. The molecule has 0 amide bonds. The fourth-order valence-corrected chi connectivity index (χ4v) is 3.35. The number of hydrogen-bond donors (Lipinski definition) is 3. The number of alkyl halides is 1. The van der Waals surface area contributed by atoms with Crippen LogP contribution in [0.25, 0.3) is 0 Å². The average Bonchev–Trinajstić information content (AvgIpc) is 2.91. The SMILES string of the molecule is NS(=O)OC1CC(C(=O)O)C(NCc2ccco2)CC1Cl. The smallest absolute Gasteiger partial charge is 0.308 e. The fourth-order valence-electron chi connectivity index (χ4n) is 2.49. The van der Waals surface area contributed by atoms with Gasteiger partial charge in [-0.05, 0) is 25.0 Å². The molecule has 1 aromatic heterocycles. The molecular formula is C12H17ClN2O5S. The van der Waals surface area contributed by atoms with Crippen molar-refractivity contribution in [2.45, 2.75) is 36.9 Å². The van der Waals surface area contributed by atoms with E-state index in [2.05, 4.69) is 5.32 Å². The number of carboxylic acids is 1. The van der Waals surface area contributed by atoms with Crippen LogP contribution in [0.3, 0.4) is 0 Å². The molecule has 4 N–H and O–H groups in total. The number of rotatable bonds is 6. The molecule has 0 aliphatic heterocycles. The van der Waals surface area contributed by atoms with Gasteiger partial charge in [0.05, 0.1) is 30.2 Å². The van der Waals surface area contributed by atoms with E-state index in [0.29, 0.717) is 18.7 Å². The number of nitrogens with one attached hydrogen (secondary N) is 1. The summed E-state index contributed by atoms with van der Waals surface area (Å²) in [6.07, 6.45) is 1.45. The molecule has 1 aromatic rings. The summed E-state index contributed by atoms with van der Waals surface area (Å²) in [4.78, 5) is 11.4. The molecule has 118 valence electrons. The summed E-state index contributed by atoms with van der Waals surface area (Å²) in [6, 6.07) is 3.24. The molecule has 1 aliphatic carbocycles. The third-order valence-corrected chi connectivity index (χ3v) is 4.40. The van der Waals surface area contributed by atoms with Gasteiger partial charge in [0.1, 0.15) is 5.76 Å². The molecule has 1 aliphatic rings. The molecule has 5 atom stereocenters. The van der Waals surface area contributed by atoms with Crippen molar-refractivity contribution in [2.75, 3.05) is 0 Å². The van der Waals surface area contributed by atoms with E-state index in [1.54, 1.807) is 18.4 Å². The predicted molar refractivity (Wildman–Crippen MR) is 76.5 cm³/mol. The van der Waals surface area contributed by atoms with Gasteiger partial charge in [-0.25, -0.2) is 9.35 Å². The van der Waals surface area contributed by atoms with Gasteiger partial charge in [-0.2, -0.15) is 0 Å². The zero-order chi connectivity index (χ0) is 15.4. The highest BCUT2D eigenvalue weighted by atomic mass is 35.5. The van der Waals surface area contributed by atoms with Crippen LogP contribution in [-0.4, -0.2) is 32.8 Å². The lowest BCUT2D eigenvalue weighted by Gasteiger charge is -2.36. The first-order chi connectivity index (χ1) is 9.97. The van der Waals surface area contributed by atoms with Crippen LogP contribution in [-0.2, 0) is 26.8 Å². The lowest BCUT2D eigenvalue weighted by atomic mass is 9.82. The van der Waals surface area contributed by atoms with E-state index in [4.69, 9.17) is 25.3 Å². The molecule has 21 heavy (non-hydrogen) atoms. The first-order valence-electron chi connectivity index (χ1n) is 6.43. The molecule has 9 heteroatoms. The van der Waals surface area contributed by atoms with E-state index in [9.17, 15) is 14.1 Å². The zero-order valence-corrected chi connectivity index (χ0v) is 12.7. The van der Waals surface area contributed by atoms with Crippen molar-refractivity contribution in [2.24, 2.45) is 11.1 Å². The van der Waals surface area contributed by atoms with E-state index in [1.165, 1.54) is 0 Å². The molecule has 0 saturated heterocycles. The Morgan fingerprint density at radius 1 is 1.62 bits per heavy atom. The lowest BCUT2D eigenvalue weighted by molar-refractivity contribution is -0.145.